The van der Waals surface area contributed by atoms with Crippen molar-refractivity contribution in [3.63, 3.8) is 0 Å². The molecule has 0 atom stereocenters. The summed E-state index contributed by atoms with van der Waals surface area (Å²) in [4.78, 5) is 5.33. The zero-order valence-electron chi connectivity index (χ0n) is 56.6. The van der Waals surface area contributed by atoms with Crippen LogP contribution in [0.15, 0.2) is 272 Å². The van der Waals surface area contributed by atoms with E-state index >= 15 is 0 Å². The number of fused-ring (bicyclic) bond motifs is 24. The second-order valence-electron chi connectivity index (χ2n) is 31.4. The zero-order valence-corrected chi connectivity index (χ0v) is 56.6. The maximum absolute atomic E-state index is 7.74. The Bertz CT molecular complexity index is 5590. The highest BCUT2D eigenvalue weighted by Gasteiger charge is 2.55. The lowest BCUT2D eigenvalue weighted by atomic mass is 9.34. The van der Waals surface area contributed by atoms with Crippen LogP contribution in [0.2, 0.25) is 0 Å². The molecular weight excluding hydrogens is 1170 g/mol. The molecule has 3 aliphatic carbocycles. The van der Waals surface area contributed by atoms with Crippen molar-refractivity contribution in [3.8, 4) is 50.6 Å². The lowest BCUT2D eigenvalue weighted by molar-refractivity contribution is 0.486. The third-order valence-electron chi connectivity index (χ3n) is 23.1. The van der Waals surface area contributed by atoms with Gasteiger partial charge in [0, 0.05) is 33.2 Å². The Hall–Kier alpha value is -10.6. The highest BCUT2D eigenvalue weighted by Crippen LogP contribution is 2.67. The summed E-state index contributed by atoms with van der Waals surface area (Å²) in [5.74, 6) is 1.80. The lowest BCUT2D eigenvalue weighted by Crippen LogP contribution is -2.58. The molecule has 20 rings (SSSR count). The standard InChI is InChI=1S/C92H74BN3O/c1-88(2,3)56-45-47-75-63(51-56)64-52-58(90(7,8)9)54-74-87(64)96(75)82-49-55(50-84-86(82)93(74)73-53-57(89(4,5)6)46-48-83(73)97-84)85-80(94-76-39-22-18-35-69(76)91(70-36-19-23-40-77(70)94)65-31-14-10-27-59(65)60-28-11-15-32-66(60)91)43-26-44-81(85)95-78-41-24-20-37-71(78)92(72-38-21-25-42-79(72)95)67-33-16-12-29-61(67)62-30-13-17-34-68(62)92/h10-24,26-41,43-54H,25,42H2,1-9H3. The number of allylic oxidation sites excluding steroid dienone is 4. The molecule has 5 heterocycles. The Morgan fingerprint density at radius 3 is 1.42 bits per heavy atom. The molecule has 466 valence electrons. The van der Waals surface area contributed by atoms with E-state index in [1.807, 2.05) is 0 Å². The molecule has 4 aliphatic heterocycles. The van der Waals surface area contributed by atoms with E-state index in [0.717, 1.165) is 63.9 Å². The van der Waals surface area contributed by atoms with Crippen molar-refractivity contribution < 1.29 is 4.74 Å². The number of hydrogen-bond donors (Lipinski definition) is 0. The number of aromatic nitrogens is 1. The first kappa shape index (κ1) is 56.7. The van der Waals surface area contributed by atoms with E-state index in [-0.39, 0.29) is 23.0 Å². The molecule has 1 aromatic heterocycles. The molecule has 2 spiro atoms. The summed E-state index contributed by atoms with van der Waals surface area (Å²) in [6, 6.07) is 96.5. The molecule has 0 unspecified atom stereocenters. The number of anilines is 5. The lowest BCUT2D eigenvalue weighted by Gasteiger charge is -2.48. The van der Waals surface area contributed by atoms with Crippen molar-refractivity contribution in [2.24, 2.45) is 0 Å². The maximum Gasteiger partial charge on any atom is 0.256 e. The van der Waals surface area contributed by atoms with Crippen LogP contribution in [0.5, 0.6) is 11.5 Å². The van der Waals surface area contributed by atoms with Gasteiger partial charge in [0.25, 0.3) is 6.71 Å². The summed E-state index contributed by atoms with van der Waals surface area (Å²) >= 11 is 0. The second-order valence-corrected chi connectivity index (χ2v) is 31.4. The first-order valence-electron chi connectivity index (χ1n) is 35.0. The van der Waals surface area contributed by atoms with Crippen molar-refractivity contribution in [1.82, 2.24) is 4.57 Å². The first-order chi connectivity index (χ1) is 47.0. The number of para-hydroxylation sites is 3. The predicted octanol–water partition coefficient (Wildman–Crippen LogP) is 21.5. The molecule has 0 bridgehead atoms. The summed E-state index contributed by atoms with van der Waals surface area (Å²) in [6.45, 7) is 21.1. The molecular formula is C92H74BN3O. The topological polar surface area (TPSA) is 20.6 Å². The molecule has 7 aliphatic rings. The van der Waals surface area contributed by atoms with Gasteiger partial charge in [0.1, 0.15) is 11.5 Å². The van der Waals surface area contributed by atoms with Crippen molar-refractivity contribution in [1.29, 1.82) is 0 Å². The van der Waals surface area contributed by atoms with Gasteiger partial charge in [-0.25, -0.2) is 0 Å². The van der Waals surface area contributed by atoms with Crippen LogP contribution in [0.25, 0.3) is 60.9 Å². The minimum absolute atomic E-state index is 0.0657. The summed E-state index contributed by atoms with van der Waals surface area (Å²) in [5, 5.41) is 2.58. The van der Waals surface area contributed by atoms with Gasteiger partial charge in [-0.1, -0.05) is 256 Å². The third-order valence-corrected chi connectivity index (χ3v) is 23.1. The van der Waals surface area contributed by atoms with Gasteiger partial charge in [0.2, 0.25) is 0 Å². The Morgan fingerprint density at radius 2 is 0.845 bits per heavy atom. The van der Waals surface area contributed by atoms with Gasteiger partial charge in [-0.15, -0.1) is 0 Å². The summed E-state index contributed by atoms with van der Waals surface area (Å²) in [5.41, 5.74) is 34.8. The van der Waals surface area contributed by atoms with E-state index in [1.54, 1.807) is 0 Å². The van der Waals surface area contributed by atoms with Gasteiger partial charge < -0.3 is 19.1 Å². The SMILES string of the molecule is CC(C)(C)c1ccc2c(c1)B1c3c(cc(-c4c(N5C6=C(C=CCC6)C6(c7ccccc7-c7ccccc76)c6ccccc65)cccc4N4c5ccccc5C5(c6ccccc6-c6ccccc65)c5ccccc54)cc3-n3c4ccc(C(C)(C)C)cc4c4cc(C(C)(C)C)cc1c43)O2. The highest BCUT2D eigenvalue weighted by atomic mass is 16.5. The van der Waals surface area contributed by atoms with Crippen LogP contribution in [-0.4, -0.2) is 11.3 Å². The summed E-state index contributed by atoms with van der Waals surface area (Å²) < 4.78 is 10.4. The average Bonchev–Trinajstić information content (AvgIpc) is 1.60. The molecule has 5 heteroatoms. The summed E-state index contributed by atoms with van der Waals surface area (Å²) in [7, 11) is 0. The normalized spacial score (nSPS) is 15.9. The quantitative estimate of drug-likeness (QED) is 0.165. The van der Waals surface area contributed by atoms with Crippen LogP contribution in [0.1, 0.15) is 131 Å². The van der Waals surface area contributed by atoms with Crippen molar-refractivity contribution in [3.05, 3.63) is 328 Å². The fraction of sp³-hybridized carbons (Fsp3) is 0.174. The van der Waals surface area contributed by atoms with E-state index in [4.69, 9.17) is 4.74 Å². The second kappa shape index (κ2) is 19.5. The molecule has 0 saturated carbocycles. The molecule has 13 aromatic rings. The Morgan fingerprint density at radius 1 is 0.381 bits per heavy atom. The number of hydrogen-bond acceptors (Lipinski definition) is 3. The average molecular weight is 1250 g/mol. The van der Waals surface area contributed by atoms with E-state index in [0.29, 0.717) is 0 Å². The molecule has 4 nitrogen and oxygen atoms in total. The van der Waals surface area contributed by atoms with Gasteiger partial charge in [-0.3, -0.25) is 0 Å². The molecule has 0 saturated heterocycles. The summed E-state index contributed by atoms with van der Waals surface area (Å²) in [6.07, 6.45) is 6.71. The van der Waals surface area contributed by atoms with Crippen molar-refractivity contribution in [2.75, 3.05) is 9.80 Å². The molecule has 0 fully saturated rings. The van der Waals surface area contributed by atoms with Gasteiger partial charge in [-0.2, -0.15) is 0 Å². The van der Waals surface area contributed by atoms with Gasteiger partial charge in [0.05, 0.1) is 44.8 Å². The molecule has 12 aromatic carbocycles. The van der Waals surface area contributed by atoms with Crippen LogP contribution in [-0.2, 0) is 27.1 Å². The minimum Gasteiger partial charge on any atom is -0.458 e. The molecule has 0 radical (unpaired) electrons. The van der Waals surface area contributed by atoms with E-state index in [9.17, 15) is 0 Å². The van der Waals surface area contributed by atoms with E-state index in [2.05, 4.69) is 338 Å². The van der Waals surface area contributed by atoms with Crippen molar-refractivity contribution >= 4 is 73.3 Å². The van der Waals surface area contributed by atoms with Crippen LogP contribution in [0.3, 0.4) is 0 Å². The number of benzene rings is 12. The number of ether oxygens (including phenoxy) is 1. The van der Waals surface area contributed by atoms with Crippen LogP contribution in [0, 0.1) is 0 Å². The first-order valence-corrected chi connectivity index (χ1v) is 35.0. The van der Waals surface area contributed by atoms with Gasteiger partial charge in [-0.05, 0) is 201 Å². The highest BCUT2D eigenvalue weighted by molar-refractivity contribution is 6.99. The monoisotopic (exact) mass is 1250 g/mol. The Balaban J connectivity index is 0.928. The fourth-order valence-corrected chi connectivity index (χ4v) is 18.9. The smallest absolute Gasteiger partial charge is 0.256 e. The van der Waals surface area contributed by atoms with Crippen molar-refractivity contribution in [2.45, 2.75) is 102 Å². The zero-order chi connectivity index (χ0) is 65.4. The van der Waals surface area contributed by atoms with Crippen LogP contribution < -0.4 is 30.9 Å². The Labute approximate surface area is 569 Å². The van der Waals surface area contributed by atoms with Crippen LogP contribution in [0.4, 0.5) is 28.4 Å². The number of nitrogens with zero attached hydrogens (tertiary/aromatic N) is 3. The van der Waals surface area contributed by atoms with Gasteiger partial charge >= 0.3 is 0 Å². The predicted molar refractivity (Wildman–Crippen MR) is 405 cm³/mol. The van der Waals surface area contributed by atoms with Crippen LogP contribution >= 0.6 is 0 Å². The third kappa shape index (κ3) is 7.39. The Kier molecular flexibility index (Phi) is 11.4. The molecule has 0 N–H and O–H groups in total. The van der Waals surface area contributed by atoms with Gasteiger partial charge in [0.15, 0.2) is 0 Å². The molecule has 97 heavy (non-hydrogen) atoms. The molecule has 0 amide bonds. The van der Waals surface area contributed by atoms with E-state index in [1.165, 1.54) is 133 Å². The fourth-order valence-electron chi connectivity index (χ4n) is 18.9. The van der Waals surface area contributed by atoms with E-state index < -0.39 is 10.8 Å². The number of rotatable bonds is 3. The largest absolute Gasteiger partial charge is 0.458 e. The minimum atomic E-state index is -0.593. The maximum atomic E-state index is 7.74.